The van der Waals surface area contributed by atoms with Crippen LogP contribution in [0.5, 0.6) is 0 Å². The molecule has 0 amide bonds. The Morgan fingerprint density at radius 3 is 2.25 bits per heavy atom. The topological polar surface area (TPSA) is 44.0 Å². The van der Waals surface area contributed by atoms with E-state index in [2.05, 4.69) is 42.9 Å². The van der Waals surface area contributed by atoms with Crippen LogP contribution in [0.4, 0.5) is 0 Å². The average Bonchev–Trinajstić information content (AvgIpc) is 2.20. The van der Waals surface area contributed by atoms with Crippen molar-refractivity contribution in [3.8, 4) is 0 Å². The highest BCUT2D eigenvalue weighted by atomic mass is 16.4. The Balaban J connectivity index is 0.000000487. The first kappa shape index (κ1) is 14.6. The highest BCUT2D eigenvalue weighted by Gasteiger charge is 1.97. The maximum Gasteiger partial charge on any atom is 0.169 e. The second kappa shape index (κ2) is 8.89. The van der Waals surface area contributed by atoms with Crippen LogP contribution in [-0.4, -0.2) is 5.97 Å². The normalized spacial score (nSPS) is 9.19. The summed E-state index contributed by atoms with van der Waals surface area (Å²) in [5.41, 5.74) is 1.33. The van der Waals surface area contributed by atoms with E-state index in [0.717, 1.165) is 13.5 Å². The molecule has 0 aliphatic carbocycles. The van der Waals surface area contributed by atoms with E-state index >= 15 is 0 Å². The van der Waals surface area contributed by atoms with Crippen LogP contribution in [-0.2, 0) is 11.3 Å². The molecular weight excluding hydrogens is 202 g/mol. The van der Waals surface area contributed by atoms with Crippen LogP contribution in [0.1, 0.15) is 38.7 Å². The second-order valence-electron chi connectivity index (χ2n) is 3.81. The van der Waals surface area contributed by atoms with Gasteiger partial charge in [0.15, 0.2) is 12.4 Å². The van der Waals surface area contributed by atoms with Crippen molar-refractivity contribution in [1.82, 2.24) is 0 Å². The first-order valence-corrected chi connectivity index (χ1v) is 5.69. The molecule has 0 aromatic carbocycles. The van der Waals surface area contributed by atoms with Crippen LogP contribution in [0.3, 0.4) is 0 Å². The lowest BCUT2D eigenvalue weighted by molar-refractivity contribution is -0.697. The van der Waals surface area contributed by atoms with Crippen molar-refractivity contribution < 1.29 is 14.5 Å². The van der Waals surface area contributed by atoms with Gasteiger partial charge in [0.2, 0.25) is 0 Å². The van der Waals surface area contributed by atoms with Crippen molar-refractivity contribution in [2.24, 2.45) is 0 Å². The van der Waals surface area contributed by atoms with Gasteiger partial charge in [0.1, 0.15) is 6.54 Å². The molecule has 1 aromatic heterocycles. The summed E-state index contributed by atoms with van der Waals surface area (Å²) in [7, 11) is 0. The monoisotopic (exact) mass is 223 g/mol. The van der Waals surface area contributed by atoms with Gasteiger partial charge in [-0.05, 0) is 25.8 Å². The fourth-order valence-electron chi connectivity index (χ4n) is 1.23. The van der Waals surface area contributed by atoms with E-state index in [1.807, 2.05) is 0 Å². The Bertz CT molecular complexity index is 289. The summed E-state index contributed by atoms with van der Waals surface area (Å²) in [6, 6.07) is 4.32. The van der Waals surface area contributed by atoms with Gasteiger partial charge < -0.3 is 9.90 Å². The van der Waals surface area contributed by atoms with Gasteiger partial charge in [0.25, 0.3) is 0 Å². The molecule has 1 rings (SSSR count). The Morgan fingerprint density at radius 1 is 1.31 bits per heavy atom. The number of aliphatic carboxylic acids is 1. The van der Waals surface area contributed by atoms with Crippen molar-refractivity contribution in [1.29, 1.82) is 0 Å². The first-order chi connectivity index (χ1) is 7.56. The molecule has 0 bridgehead atoms. The molecule has 16 heavy (non-hydrogen) atoms. The molecule has 0 saturated carbocycles. The predicted octanol–water partition coefficient (Wildman–Crippen LogP) is 1.23. The van der Waals surface area contributed by atoms with Gasteiger partial charge in [-0.1, -0.05) is 13.3 Å². The number of aromatic nitrogens is 1. The van der Waals surface area contributed by atoms with Crippen LogP contribution in [0, 0.1) is 6.92 Å². The smallest absolute Gasteiger partial charge is 0.169 e. The molecule has 1 heterocycles. The average molecular weight is 223 g/mol. The zero-order valence-corrected chi connectivity index (χ0v) is 10.4. The number of unbranched alkanes of at least 4 members (excludes halogenated alkanes) is 2. The zero-order valence-electron chi connectivity index (χ0n) is 10.4. The second-order valence-corrected chi connectivity index (χ2v) is 3.81. The number of nitrogens with zero attached hydrogens (tertiary/aromatic N) is 1. The summed E-state index contributed by atoms with van der Waals surface area (Å²) in [4.78, 5) is 8.89. The number of pyridine rings is 1. The van der Waals surface area contributed by atoms with Crippen LogP contribution in [0.15, 0.2) is 24.5 Å². The van der Waals surface area contributed by atoms with Gasteiger partial charge in [0, 0.05) is 24.5 Å². The van der Waals surface area contributed by atoms with Gasteiger partial charge in [-0.25, -0.2) is 4.57 Å². The molecule has 0 fully saturated rings. The highest BCUT2D eigenvalue weighted by Crippen LogP contribution is 1.94. The van der Waals surface area contributed by atoms with Gasteiger partial charge in [-0.3, -0.25) is 0 Å². The van der Waals surface area contributed by atoms with Gasteiger partial charge in [0.05, 0.1) is 0 Å². The van der Waals surface area contributed by atoms with E-state index in [-0.39, 0.29) is 0 Å². The van der Waals surface area contributed by atoms with Crippen molar-refractivity contribution in [2.45, 2.75) is 46.6 Å². The third-order valence-electron chi connectivity index (χ3n) is 2.08. The molecule has 90 valence electrons. The van der Waals surface area contributed by atoms with Crippen LogP contribution >= 0.6 is 0 Å². The van der Waals surface area contributed by atoms with Gasteiger partial charge in [-0.15, -0.1) is 0 Å². The van der Waals surface area contributed by atoms with E-state index in [9.17, 15) is 0 Å². The molecule has 3 nitrogen and oxygen atoms in total. The Hall–Kier alpha value is -1.38. The van der Waals surface area contributed by atoms with E-state index in [0.29, 0.717) is 0 Å². The molecule has 0 N–H and O–H groups in total. The molecule has 1 aromatic rings. The fraction of sp³-hybridized carbons (Fsp3) is 0.538. The summed E-state index contributed by atoms with van der Waals surface area (Å²) in [5.74, 6) is -1.08. The van der Waals surface area contributed by atoms with Gasteiger partial charge >= 0.3 is 0 Å². The minimum atomic E-state index is -1.08. The largest absolute Gasteiger partial charge is 0.550 e. The lowest BCUT2D eigenvalue weighted by atomic mass is 10.2. The third-order valence-corrected chi connectivity index (χ3v) is 2.08. The van der Waals surface area contributed by atoms with E-state index < -0.39 is 5.97 Å². The molecule has 0 aliphatic rings. The fourth-order valence-corrected chi connectivity index (χ4v) is 1.23. The maximum atomic E-state index is 8.89. The summed E-state index contributed by atoms with van der Waals surface area (Å²) in [6.07, 6.45) is 8.24. The number of hydrogen-bond acceptors (Lipinski definition) is 2. The molecule has 0 saturated heterocycles. The minimum Gasteiger partial charge on any atom is -0.550 e. The summed E-state index contributed by atoms with van der Waals surface area (Å²) in [5, 5.41) is 8.89. The number of carbonyl (C=O) groups excluding carboxylic acids is 1. The van der Waals surface area contributed by atoms with E-state index in [1.54, 1.807) is 0 Å². The van der Waals surface area contributed by atoms with Crippen molar-refractivity contribution in [3.05, 3.63) is 30.1 Å². The lowest BCUT2D eigenvalue weighted by Gasteiger charge is -1.95. The van der Waals surface area contributed by atoms with Crippen molar-refractivity contribution in [3.63, 3.8) is 0 Å². The van der Waals surface area contributed by atoms with Crippen LogP contribution in [0.25, 0.3) is 0 Å². The number of aryl methyl sites for hydroxylation is 2. The number of hydrogen-bond donors (Lipinski definition) is 0. The maximum absolute atomic E-state index is 8.89. The quantitative estimate of drug-likeness (QED) is 0.569. The number of carboxylic acid groups (broad SMARTS) is 1. The van der Waals surface area contributed by atoms with E-state index in [4.69, 9.17) is 9.90 Å². The molecule has 0 radical (unpaired) electrons. The van der Waals surface area contributed by atoms with Crippen LogP contribution < -0.4 is 9.67 Å². The van der Waals surface area contributed by atoms with E-state index in [1.165, 1.54) is 24.8 Å². The molecule has 0 aliphatic heterocycles. The first-order valence-electron chi connectivity index (χ1n) is 5.69. The minimum absolute atomic E-state index is 0.972. The Kier molecular flexibility index (Phi) is 8.12. The predicted molar refractivity (Wildman–Crippen MR) is 61.6 cm³/mol. The van der Waals surface area contributed by atoms with Crippen LogP contribution in [0.2, 0.25) is 0 Å². The van der Waals surface area contributed by atoms with Crippen molar-refractivity contribution >= 4 is 5.97 Å². The summed E-state index contributed by atoms with van der Waals surface area (Å²) < 4.78 is 2.25. The SMILES string of the molecule is CC(=O)[O-].CCCCC[n+]1ccc(C)cc1. The lowest BCUT2D eigenvalue weighted by Crippen LogP contribution is -2.32. The number of carboxylic acids is 1. The van der Waals surface area contributed by atoms with Gasteiger partial charge in [-0.2, -0.15) is 0 Å². The molecule has 0 atom stereocenters. The van der Waals surface area contributed by atoms with Crippen molar-refractivity contribution in [2.75, 3.05) is 0 Å². The third kappa shape index (κ3) is 9.19. The summed E-state index contributed by atoms with van der Waals surface area (Å²) in [6.45, 7) is 6.49. The zero-order chi connectivity index (χ0) is 12.4. The molecule has 0 spiro atoms. The molecule has 0 unspecified atom stereocenters. The molecular formula is C13H21NO2. The standard InChI is InChI=1S/C11H18N.C2H4O2/c1-3-4-5-8-12-9-6-11(2)7-10-12;1-2(3)4/h6-7,9-10H,3-5,8H2,1-2H3;1H3,(H,3,4)/q+1;/p-1. The number of rotatable bonds is 4. The Labute approximate surface area is 97.7 Å². The Morgan fingerprint density at radius 2 is 1.81 bits per heavy atom. The summed E-state index contributed by atoms with van der Waals surface area (Å²) >= 11 is 0. The molecule has 3 heteroatoms. The highest BCUT2D eigenvalue weighted by molar-refractivity contribution is 5.60. The number of carbonyl (C=O) groups is 1.